The Morgan fingerprint density at radius 2 is 1.59 bits per heavy atom. The van der Waals surface area contributed by atoms with Crippen LogP contribution in [0.25, 0.3) is 22.8 Å². The van der Waals surface area contributed by atoms with Crippen LogP contribution in [0.2, 0.25) is 0 Å². The van der Waals surface area contributed by atoms with Crippen LogP contribution in [-0.2, 0) is 0 Å². The number of nitro groups is 1. The summed E-state index contributed by atoms with van der Waals surface area (Å²) in [5.74, 6) is 0.398. The molecule has 0 aliphatic carbocycles. The summed E-state index contributed by atoms with van der Waals surface area (Å²) in [6.45, 7) is 0. The van der Waals surface area contributed by atoms with E-state index in [9.17, 15) is 10.1 Å². The molecule has 0 unspecified atom stereocenters. The van der Waals surface area contributed by atoms with Crippen LogP contribution >= 0.6 is 22.6 Å². The van der Waals surface area contributed by atoms with E-state index in [-0.39, 0.29) is 5.69 Å². The lowest BCUT2D eigenvalue weighted by Crippen LogP contribution is -2.43. The third-order valence-corrected chi connectivity index (χ3v) is 4.94. The van der Waals surface area contributed by atoms with E-state index in [2.05, 4.69) is 32.9 Å². The molecule has 0 saturated carbocycles. The van der Waals surface area contributed by atoms with Crippen molar-refractivity contribution >= 4 is 28.3 Å². The Hall–Kier alpha value is -3.14. The van der Waals surface area contributed by atoms with E-state index in [1.54, 1.807) is 27.7 Å². The Labute approximate surface area is 168 Å². The van der Waals surface area contributed by atoms with Gasteiger partial charge in [-0.2, -0.15) is 0 Å². The number of halogens is 1. The van der Waals surface area contributed by atoms with E-state index in [1.807, 2.05) is 54.6 Å². The van der Waals surface area contributed by atoms with Gasteiger partial charge in [-0.3, -0.25) is 10.1 Å². The van der Waals surface area contributed by atoms with Crippen molar-refractivity contribution in [1.29, 1.82) is 0 Å². The van der Waals surface area contributed by atoms with Crippen molar-refractivity contribution in [3.8, 4) is 22.8 Å². The van der Waals surface area contributed by atoms with E-state index in [4.69, 9.17) is 0 Å². The average Bonchev–Trinajstić information content (AvgIpc) is 3.13. The lowest BCUT2D eigenvalue weighted by Gasteiger charge is -2.07. The molecule has 0 saturated heterocycles. The summed E-state index contributed by atoms with van der Waals surface area (Å²) in [5, 5.41) is 20.1. The summed E-state index contributed by atoms with van der Waals surface area (Å²) in [5.41, 5.74) is 2.02. The van der Waals surface area contributed by atoms with Crippen LogP contribution in [0.3, 0.4) is 0 Å². The summed E-state index contributed by atoms with van der Waals surface area (Å²) < 4.78 is 2.76. The number of nitrogens with zero attached hydrogens (tertiary/aromatic N) is 5. The molecule has 0 aliphatic rings. The Morgan fingerprint density at radius 1 is 0.926 bits per heavy atom. The quantitative estimate of drug-likeness (QED) is 0.197. The highest BCUT2D eigenvalue weighted by atomic mass is 127. The first-order chi connectivity index (χ1) is 13.2. The van der Waals surface area contributed by atoms with Crippen molar-refractivity contribution in [3.05, 3.63) is 92.5 Å². The molecule has 4 aromatic rings. The van der Waals surface area contributed by atoms with Crippen molar-refractivity contribution in [2.24, 2.45) is 0 Å². The fraction of sp³-hybridized carbons (Fsp3) is 0. The first kappa shape index (κ1) is 17.3. The van der Waals surface area contributed by atoms with E-state index in [0.29, 0.717) is 11.4 Å². The summed E-state index contributed by atoms with van der Waals surface area (Å²) in [7, 11) is 0. The second-order valence-electron chi connectivity index (χ2n) is 5.68. The van der Waals surface area contributed by atoms with Crippen LogP contribution in [0.1, 0.15) is 0 Å². The topological polar surface area (TPSA) is 77.7 Å². The smallest absolute Gasteiger partial charge is 0.258 e. The fourth-order valence-electron chi connectivity index (χ4n) is 2.81. The minimum Gasteiger partial charge on any atom is -0.258 e. The maximum absolute atomic E-state index is 11.5. The van der Waals surface area contributed by atoms with Gasteiger partial charge in [-0.15, -0.1) is 4.68 Å². The van der Waals surface area contributed by atoms with Crippen LogP contribution in [0.4, 0.5) is 5.69 Å². The number of nitro benzene ring substituents is 1. The van der Waals surface area contributed by atoms with Gasteiger partial charge in [-0.1, -0.05) is 42.5 Å². The number of para-hydroxylation sites is 3. The van der Waals surface area contributed by atoms with E-state index in [0.717, 1.165) is 14.9 Å². The summed E-state index contributed by atoms with van der Waals surface area (Å²) in [6, 6.07) is 23.8. The molecule has 0 N–H and O–H groups in total. The molecule has 0 spiro atoms. The molecule has 1 aromatic heterocycles. The second kappa shape index (κ2) is 7.23. The number of rotatable bonds is 4. The van der Waals surface area contributed by atoms with Crippen LogP contribution < -0.4 is 4.68 Å². The van der Waals surface area contributed by atoms with Gasteiger partial charge in [-0.05, 0) is 57.7 Å². The van der Waals surface area contributed by atoms with Crippen molar-refractivity contribution in [1.82, 2.24) is 15.1 Å². The molecule has 27 heavy (non-hydrogen) atoms. The molecule has 0 amide bonds. The zero-order valence-electron chi connectivity index (χ0n) is 13.9. The van der Waals surface area contributed by atoms with E-state index >= 15 is 0 Å². The summed E-state index contributed by atoms with van der Waals surface area (Å²) >= 11 is 2.23. The van der Waals surface area contributed by atoms with Gasteiger partial charge in [0.25, 0.3) is 5.69 Å². The highest BCUT2D eigenvalue weighted by molar-refractivity contribution is 14.1. The predicted octanol–water partition coefficient (Wildman–Crippen LogP) is 3.72. The van der Waals surface area contributed by atoms with Gasteiger partial charge < -0.3 is 0 Å². The molecule has 4 rings (SSSR count). The Balaban J connectivity index is 2.04. The molecule has 0 atom stereocenters. The minimum absolute atomic E-state index is 0.0164. The fourth-order valence-corrected chi connectivity index (χ4v) is 3.43. The Kier molecular flexibility index (Phi) is 4.63. The summed E-state index contributed by atoms with van der Waals surface area (Å²) in [4.78, 5) is 12.8. The molecule has 8 heteroatoms. The van der Waals surface area contributed by atoms with E-state index < -0.39 is 4.92 Å². The van der Waals surface area contributed by atoms with Gasteiger partial charge in [0, 0.05) is 6.07 Å². The molecule has 3 aromatic carbocycles. The average molecular weight is 470 g/mol. The second-order valence-corrected chi connectivity index (χ2v) is 6.84. The number of hydrogen-bond acceptors (Lipinski definition) is 4. The zero-order valence-corrected chi connectivity index (χ0v) is 16.1. The lowest BCUT2D eigenvalue weighted by molar-refractivity contribution is -0.670. The first-order valence-electron chi connectivity index (χ1n) is 8.09. The van der Waals surface area contributed by atoms with Crippen LogP contribution in [-0.4, -0.2) is 20.0 Å². The molecule has 0 aliphatic heterocycles. The minimum atomic E-state index is -0.406. The largest absolute Gasteiger partial charge is 0.344 e. The van der Waals surface area contributed by atoms with Gasteiger partial charge in [0.15, 0.2) is 5.21 Å². The normalized spacial score (nSPS) is 10.7. The number of benzene rings is 3. The van der Waals surface area contributed by atoms with Gasteiger partial charge in [0.1, 0.15) is 22.0 Å². The molecule has 0 radical (unpaired) electrons. The third kappa shape index (κ3) is 3.19. The van der Waals surface area contributed by atoms with Gasteiger partial charge >= 0.3 is 5.82 Å². The van der Waals surface area contributed by atoms with Crippen LogP contribution in [0, 0.1) is 13.7 Å². The highest BCUT2D eigenvalue weighted by Crippen LogP contribution is 2.27. The van der Waals surface area contributed by atoms with Gasteiger partial charge in [-0.25, -0.2) is 0 Å². The molecule has 132 valence electrons. The Morgan fingerprint density at radius 3 is 2.33 bits per heavy atom. The molecular weight excluding hydrogens is 457 g/mol. The van der Waals surface area contributed by atoms with Crippen molar-refractivity contribution in [3.63, 3.8) is 0 Å². The molecular formula is C19H13IN5O2+. The molecule has 0 fully saturated rings. The monoisotopic (exact) mass is 470 g/mol. The third-order valence-electron chi connectivity index (χ3n) is 4.02. The lowest BCUT2D eigenvalue weighted by atomic mass is 10.1. The summed E-state index contributed by atoms with van der Waals surface area (Å²) in [6.07, 6.45) is 0. The maximum atomic E-state index is 11.5. The van der Waals surface area contributed by atoms with Crippen LogP contribution in [0.5, 0.6) is 0 Å². The molecule has 1 heterocycles. The molecule has 0 bridgehead atoms. The van der Waals surface area contributed by atoms with Gasteiger partial charge in [0.2, 0.25) is 0 Å². The first-order valence-corrected chi connectivity index (χ1v) is 9.17. The standard InChI is InChI=1S/C19H13IN5O2/c20-16-11-5-7-13-18(16)23-19(15-10-4-6-12-17(15)25(26)27)21-22-24(23)14-8-2-1-3-9-14/h1-13H/q+1. The number of tetrazole rings is 1. The Bertz CT molecular complexity index is 1130. The van der Waals surface area contributed by atoms with Crippen molar-refractivity contribution in [2.45, 2.75) is 0 Å². The zero-order chi connectivity index (χ0) is 18.8. The highest BCUT2D eigenvalue weighted by Gasteiger charge is 2.31. The van der Waals surface area contributed by atoms with Crippen molar-refractivity contribution < 1.29 is 9.61 Å². The number of hydrogen-bond donors (Lipinski definition) is 0. The van der Waals surface area contributed by atoms with E-state index in [1.165, 1.54) is 6.07 Å². The SMILES string of the molecule is O=[N+]([O-])c1ccccc1-c1nnn(-c2ccccc2)[n+]1-c1ccccc1I. The maximum Gasteiger partial charge on any atom is 0.344 e. The molecule has 7 nitrogen and oxygen atoms in total. The van der Waals surface area contributed by atoms with Gasteiger partial charge in [0.05, 0.1) is 8.49 Å². The van der Waals surface area contributed by atoms with Crippen LogP contribution in [0.15, 0.2) is 78.9 Å². The van der Waals surface area contributed by atoms with Crippen molar-refractivity contribution in [2.75, 3.05) is 0 Å². The number of aromatic nitrogens is 4. The predicted molar refractivity (Wildman–Crippen MR) is 108 cm³/mol.